The van der Waals surface area contributed by atoms with Crippen LogP contribution in [0.4, 0.5) is 11.4 Å². The minimum Gasteiger partial charge on any atom is -0.398 e. The molecule has 3 nitrogen and oxygen atoms in total. The molecule has 2 N–H and O–H groups in total. The fourth-order valence-electron chi connectivity index (χ4n) is 2.22. The Bertz CT molecular complexity index is 635. The van der Waals surface area contributed by atoms with Crippen LogP contribution in [0.1, 0.15) is 28.4 Å². The highest BCUT2D eigenvalue weighted by Crippen LogP contribution is 2.23. The van der Waals surface area contributed by atoms with E-state index in [2.05, 4.69) is 24.0 Å². The number of anilines is 2. The first-order valence-corrected chi connectivity index (χ1v) is 6.65. The van der Waals surface area contributed by atoms with Gasteiger partial charge in [0, 0.05) is 30.5 Å². The Hall–Kier alpha value is -2.29. The van der Waals surface area contributed by atoms with Crippen molar-refractivity contribution in [3.05, 3.63) is 59.2 Å². The van der Waals surface area contributed by atoms with Crippen LogP contribution in [0.15, 0.2) is 42.5 Å². The van der Waals surface area contributed by atoms with Gasteiger partial charge < -0.3 is 10.6 Å². The van der Waals surface area contributed by atoms with Crippen molar-refractivity contribution in [1.29, 1.82) is 0 Å². The normalized spacial score (nSPS) is 10.3. The molecule has 0 aliphatic carbocycles. The quantitative estimate of drug-likeness (QED) is 0.682. The number of nitrogens with two attached hydrogens (primary N) is 1. The molecule has 0 atom stereocenters. The van der Waals surface area contributed by atoms with Gasteiger partial charge in [-0.25, -0.2) is 0 Å². The van der Waals surface area contributed by atoms with Gasteiger partial charge in [0.05, 0.1) is 0 Å². The SMILES string of the molecule is CC(=O)c1cc(N(C)Cc2ccccc2C)ccc1N. The largest absolute Gasteiger partial charge is 0.398 e. The zero-order valence-corrected chi connectivity index (χ0v) is 12.2. The molecule has 0 radical (unpaired) electrons. The zero-order valence-electron chi connectivity index (χ0n) is 12.2. The third-order valence-corrected chi connectivity index (χ3v) is 3.53. The summed E-state index contributed by atoms with van der Waals surface area (Å²) >= 11 is 0. The summed E-state index contributed by atoms with van der Waals surface area (Å²) in [7, 11) is 2.02. The zero-order chi connectivity index (χ0) is 14.7. The fourth-order valence-corrected chi connectivity index (χ4v) is 2.22. The molecule has 0 heterocycles. The number of ketones is 1. The van der Waals surface area contributed by atoms with E-state index in [4.69, 9.17) is 5.73 Å². The molecule has 0 unspecified atom stereocenters. The highest BCUT2D eigenvalue weighted by atomic mass is 16.1. The van der Waals surface area contributed by atoms with Gasteiger partial charge in [0.25, 0.3) is 0 Å². The summed E-state index contributed by atoms with van der Waals surface area (Å²) < 4.78 is 0. The van der Waals surface area contributed by atoms with Gasteiger partial charge in [-0.15, -0.1) is 0 Å². The fraction of sp³-hybridized carbons (Fsp3) is 0.235. The van der Waals surface area contributed by atoms with E-state index in [9.17, 15) is 4.79 Å². The van der Waals surface area contributed by atoms with Gasteiger partial charge in [0.2, 0.25) is 0 Å². The van der Waals surface area contributed by atoms with E-state index in [1.165, 1.54) is 18.1 Å². The van der Waals surface area contributed by atoms with E-state index in [1.807, 2.05) is 31.3 Å². The van der Waals surface area contributed by atoms with Gasteiger partial charge >= 0.3 is 0 Å². The Morgan fingerprint density at radius 3 is 2.55 bits per heavy atom. The van der Waals surface area contributed by atoms with Crippen LogP contribution in [0.3, 0.4) is 0 Å². The predicted molar refractivity (Wildman–Crippen MR) is 84.1 cm³/mol. The van der Waals surface area contributed by atoms with Crippen molar-refractivity contribution in [1.82, 2.24) is 0 Å². The summed E-state index contributed by atoms with van der Waals surface area (Å²) in [4.78, 5) is 13.7. The Balaban J connectivity index is 2.26. The topological polar surface area (TPSA) is 46.3 Å². The van der Waals surface area contributed by atoms with E-state index in [-0.39, 0.29) is 5.78 Å². The maximum Gasteiger partial charge on any atom is 0.161 e. The highest BCUT2D eigenvalue weighted by Gasteiger charge is 2.09. The second kappa shape index (κ2) is 5.78. The van der Waals surface area contributed by atoms with Gasteiger partial charge in [-0.3, -0.25) is 4.79 Å². The van der Waals surface area contributed by atoms with Crippen LogP contribution >= 0.6 is 0 Å². The molecular formula is C17H20N2O. The van der Waals surface area contributed by atoms with Crippen molar-refractivity contribution in [2.75, 3.05) is 17.7 Å². The predicted octanol–water partition coefficient (Wildman–Crippen LogP) is 3.42. The van der Waals surface area contributed by atoms with Crippen LogP contribution in [0.5, 0.6) is 0 Å². The molecule has 0 amide bonds. The van der Waals surface area contributed by atoms with E-state index >= 15 is 0 Å². The molecule has 0 aromatic heterocycles. The van der Waals surface area contributed by atoms with Crippen molar-refractivity contribution in [2.24, 2.45) is 0 Å². The standard InChI is InChI=1S/C17H20N2O/c1-12-6-4-5-7-14(12)11-19(3)15-8-9-17(18)16(10-15)13(2)20/h4-10H,11,18H2,1-3H3. The molecular weight excluding hydrogens is 248 g/mol. The Morgan fingerprint density at radius 2 is 1.90 bits per heavy atom. The second-order valence-electron chi connectivity index (χ2n) is 5.11. The number of nitrogens with zero attached hydrogens (tertiary/aromatic N) is 1. The molecule has 2 aromatic carbocycles. The number of rotatable bonds is 4. The van der Waals surface area contributed by atoms with Gasteiger partial charge in [-0.05, 0) is 43.2 Å². The molecule has 0 saturated carbocycles. The molecule has 2 aromatic rings. The number of Topliss-reactive ketones (excluding diaryl/α,β-unsaturated/α-hetero) is 1. The lowest BCUT2D eigenvalue weighted by Crippen LogP contribution is -2.17. The number of benzene rings is 2. The lowest BCUT2D eigenvalue weighted by atomic mass is 10.1. The van der Waals surface area contributed by atoms with Gasteiger partial charge in [0.15, 0.2) is 5.78 Å². The smallest absolute Gasteiger partial charge is 0.161 e. The van der Waals surface area contributed by atoms with Crippen molar-refractivity contribution in [3.63, 3.8) is 0 Å². The average Bonchev–Trinajstić information content (AvgIpc) is 2.41. The molecule has 0 aliphatic rings. The molecule has 0 aliphatic heterocycles. The second-order valence-corrected chi connectivity index (χ2v) is 5.11. The van der Waals surface area contributed by atoms with E-state index in [0.717, 1.165) is 12.2 Å². The summed E-state index contributed by atoms with van der Waals surface area (Å²) in [5, 5.41) is 0. The number of carbonyl (C=O) groups is 1. The van der Waals surface area contributed by atoms with E-state index in [1.54, 1.807) is 6.07 Å². The van der Waals surface area contributed by atoms with Crippen molar-refractivity contribution < 1.29 is 4.79 Å². The van der Waals surface area contributed by atoms with Crippen molar-refractivity contribution in [3.8, 4) is 0 Å². The molecule has 0 saturated heterocycles. The number of nitrogen functional groups attached to an aromatic ring is 1. The number of hydrogen-bond acceptors (Lipinski definition) is 3. The Labute approximate surface area is 120 Å². The molecule has 3 heteroatoms. The molecule has 0 fully saturated rings. The minimum atomic E-state index is -0.00589. The van der Waals surface area contributed by atoms with E-state index < -0.39 is 0 Å². The van der Waals surface area contributed by atoms with Crippen molar-refractivity contribution in [2.45, 2.75) is 20.4 Å². The lowest BCUT2D eigenvalue weighted by molar-refractivity contribution is 0.101. The molecule has 20 heavy (non-hydrogen) atoms. The molecule has 104 valence electrons. The summed E-state index contributed by atoms with van der Waals surface area (Å²) in [6.07, 6.45) is 0. The lowest BCUT2D eigenvalue weighted by Gasteiger charge is -2.21. The first kappa shape index (κ1) is 14.1. The number of hydrogen-bond donors (Lipinski definition) is 1. The Kier molecular flexibility index (Phi) is 4.08. The van der Waals surface area contributed by atoms with Crippen molar-refractivity contribution >= 4 is 17.2 Å². The highest BCUT2D eigenvalue weighted by molar-refractivity contribution is 6.00. The third kappa shape index (κ3) is 2.99. The summed E-state index contributed by atoms with van der Waals surface area (Å²) in [5.41, 5.74) is 10.5. The molecule has 0 bridgehead atoms. The Morgan fingerprint density at radius 1 is 1.20 bits per heavy atom. The summed E-state index contributed by atoms with van der Waals surface area (Å²) in [6, 6.07) is 13.9. The van der Waals surface area contributed by atoms with Crippen LogP contribution in [0.25, 0.3) is 0 Å². The molecule has 0 spiro atoms. The van der Waals surface area contributed by atoms with Crippen LogP contribution in [0, 0.1) is 6.92 Å². The first-order valence-electron chi connectivity index (χ1n) is 6.65. The number of carbonyl (C=O) groups excluding carboxylic acids is 1. The third-order valence-electron chi connectivity index (χ3n) is 3.53. The summed E-state index contributed by atoms with van der Waals surface area (Å²) in [5.74, 6) is -0.00589. The van der Waals surface area contributed by atoms with Crippen LogP contribution in [0.2, 0.25) is 0 Å². The van der Waals surface area contributed by atoms with Gasteiger partial charge in [-0.2, -0.15) is 0 Å². The number of aryl methyl sites for hydroxylation is 1. The molecule has 2 rings (SSSR count). The maximum absolute atomic E-state index is 11.6. The van der Waals surface area contributed by atoms with Gasteiger partial charge in [0.1, 0.15) is 0 Å². The van der Waals surface area contributed by atoms with Gasteiger partial charge in [-0.1, -0.05) is 24.3 Å². The summed E-state index contributed by atoms with van der Waals surface area (Å²) in [6.45, 7) is 4.44. The van der Waals surface area contributed by atoms with E-state index in [0.29, 0.717) is 11.3 Å². The van der Waals surface area contributed by atoms with Crippen LogP contribution in [-0.2, 0) is 6.54 Å². The monoisotopic (exact) mass is 268 g/mol. The first-order chi connectivity index (χ1) is 9.49. The van der Waals surface area contributed by atoms with Crippen LogP contribution in [-0.4, -0.2) is 12.8 Å². The minimum absolute atomic E-state index is 0.00589. The van der Waals surface area contributed by atoms with Crippen LogP contribution < -0.4 is 10.6 Å². The average molecular weight is 268 g/mol. The maximum atomic E-state index is 11.6.